The number of fused-ring (bicyclic) bond motifs is 4. The first-order valence-corrected chi connectivity index (χ1v) is 16.3. The lowest BCUT2D eigenvalue weighted by atomic mass is 9.98. The van der Waals surface area contributed by atoms with E-state index in [1.54, 1.807) is 0 Å². The van der Waals surface area contributed by atoms with E-state index in [4.69, 9.17) is 4.42 Å². The highest BCUT2D eigenvalue weighted by molar-refractivity contribution is 5.97. The molecule has 0 aliphatic carbocycles. The van der Waals surface area contributed by atoms with Gasteiger partial charge in [-0.15, -0.1) is 6.54 Å². The van der Waals surface area contributed by atoms with Crippen molar-refractivity contribution in [3.05, 3.63) is 187 Å². The minimum Gasteiger partial charge on any atom is -0.687 e. The summed E-state index contributed by atoms with van der Waals surface area (Å²) >= 11 is 0. The van der Waals surface area contributed by atoms with Crippen molar-refractivity contribution < 1.29 is 4.42 Å². The lowest BCUT2D eigenvalue weighted by molar-refractivity contribution is 0.598. The molecule has 9 rings (SSSR count). The third-order valence-corrected chi connectivity index (χ3v) is 9.32. The second kappa shape index (κ2) is 11.8. The molecular formula is C45H31N2O-. The molecule has 0 amide bonds. The molecular weight excluding hydrogens is 585 g/mol. The van der Waals surface area contributed by atoms with Gasteiger partial charge in [0.05, 0.1) is 0 Å². The molecule has 3 heteroatoms. The zero-order valence-electron chi connectivity index (χ0n) is 26.3. The fraction of sp³-hybridized carbons (Fsp3) is 0.0222. The Kier molecular flexibility index (Phi) is 6.87. The van der Waals surface area contributed by atoms with E-state index in [-0.39, 0.29) is 0 Å². The molecule has 0 radical (unpaired) electrons. The number of benzene rings is 7. The standard InChI is InChI=1S/C45H31N2O/c1-2-7-31(8-3-1)32-13-20-37(21-14-32)47(39-24-17-35(18-25-39)41-12-6-10-34-9-4-5-11-40(34)41)38-22-15-33(16-23-38)36-19-26-42-43-30-46-28-27-44(43)48-45(42)29-36/h1-29H,30H2/q-1. The Balaban J connectivity index is 1.09. The van der Waals surface area contributed by atoms with E-state index in [0.29, 0.717) is 6.54 Å². The Morgan fingerprint density at radius 3 is 1.79 bits per heavy atom. The summed E-state index contributed by atoms with van der Waals surface area (Å²) in [5.41, 5.74) is 12.4. The lowest BCUT2D eigenvalue weighted by Crippen LogP contribution is -2.09. The van der Waals surface area contributed by atoms with E-state index in [9.17, 15) is 0 Å². The van der Waals surface area contributed by atoms with Gasteiger partial charge in [-0.25, -0.2) is 0 Å². The smallest absolute Gasteiger partial charge is 0.135 e. The highest BCUT2D eigenvalue weighted by Gasteiger charge is 2.16. The van der Waals surface area contributed by atoms with Crippen LogP contribution in [0.4, 0.5) is 17.1 Å². The number of hydrogen-bond donors (Lipinski definition) is 0. The van der Waals surface area contributed by atoms with E-state index in [1.165, 1.54) is 33.0 Å². The minimum absolute atomic E-state index is 0.665. The Morgan fingerprint density at radius 2 is 1.06 bits per heavy atom. The van der Waals surface area contributed by atoms with Gasteiger partial charge in [-0.1, -0.05) is 121 Å². The maximum atomic E-state index is 6.18. The van der Waals surface area contributed by atoms with Crippen LogP contribution in [0.2, 0.25) is 0 Å². The first kappa shape index (κ1) is 27.9. The fourth-order valence-electron chi connectivity index (χ4n) is 6.86. The van der Waals surface area contributed by atoms with Gasteiger partial charge in [-0.3, -0.25) is 0 Å². The molecule has 0 fully saturated rings. The van der Waals surface area contributed by atoms with E-state index in [0.717, 1.165) is 50.5 Å². The van der Waals surface area contributed by atoms with Crippen molar-refractivity contribution in [3.63, 3.8) is 0 Å². The molecule has 8 aromatic rings. The Morgan fingerprint density at radius 1 is 0.479 bits per heavy atom. The number of anilines is 3. The van der Waals surface area contributed by atoms with Gasteiger partial charge in [0, 0.05) is 22.4 Å². The molecule has 2 heterocycles. The van der Waals surface area contributed by atoms with Crippen LogP contribution in [0.3, 0.4) is 0 Å². The second-order valence-electron chi connectivity index (χ2n) is 12.2. The predicted molar refractivity (Wildman–Crippen MR) is 201 cm³/mol. The van der Waals surface area contributed by atoms with Crippen LogP contribution in [0.15, 0.2) is 174 Å². The van der Waals surface area contributed by atoms with Crippen molar-refractivity contribution in [2.75, 3.05) is 4.90 Å². The zero-order valence-corrected chi connectivity index (χ0v) is 26.3. The van der Waals surface area contributed by atoms with Gasteiger partial charge in [0.25, 0.3) is 0 Å². The molecule has 0 saturated heterocycles. The molecule has 0 unspecified atom stereocenters. The summed E-state index contributed by atoms with van der Waals surface area (Å²) in [6.07, 6.45) is 3.77. The molecule has 0 spiro atoms. The van der Waals surface area contributed by atoms with Gasteiger partial charge in [0.15, 0.2) is 0 Å². The van der Waals surface area contributed by atoms with E-state index >= 15 is 0 Å². The quantitative estimate of drug-likeness (QED) is 0.186. The molecule has 0 saturated carbocycles. The molecule has 3 nitrogen and oxygen atoms in total. The van der Waals surface area contributed by atoms with Crippen molar-refractivity contribution in [2.45, 2.75) is 6.54 Å². The summed E-state index contributed by atoms with van der Waals surface area (Å²) in [5.74, 6) is 0.910. The molecule has 1 aromatic heterocycles. The van der Waals surface area contributed by atoms with Crippen LogP contribution < -0.4 is 4.90 Å². The summed E-state index contributed by atoms with van der Waals surface area (Å²) < 4.78 is 6.18. The van der Waals surface area contributed by atoms with Gasteiger partial charge >= 0.3 is 0 Å². The van der Waals surface area contributed by atoms with Crippen LogP contribution in [0, 0.1) is 0 Å². The van der Waals surface area contributed by atoms with Crippen LogP contribution in [-0.2, 0) is 6.54 Å². The molecule has 1 aliphatic rings. The molecule has 0 N–H and O–H groups in total. The second-order valence-corrected chi connectivity index (χ2v) is 12.2. The third kappa shape index (κ3) is 5.03. The van der Waals surface area contributed by atoms with Crippen molar-refractivity contribution in [1.82, 2.24) is 0 Å². The van der Waals surface area contributed by atoms with Crippen molar-refractivity contribution in [1.29, 1.82) is 0 Å². The molecule has 1 aliphatic heterocycles. The first-order valence-electron chi connectivity index (χ1n) is 16.3. The Hall–Kier alpha value is -6.32. The molecule has 0 bridgehead atoms. The monoisotopic (exact) mass is 615 g/mol. The normalized spacial score (nSPS) is 12.2. The van der Waals surface area contributed by atoms with Crippen molar-refractivity contribution >= 4 is 44.9 Å². The van der Waals surface area contributed by atoms with Crippen molar-refractivity contribution in [2.24, 2.45) is 0 Å². The van der Waals surface area contributed by atoms with Crippen LogP contribution >= 0.6 is 0 Å². The van der Waals surface area contributed by atoms with E-state index in [1.807, 2.05) is 12.3 Å². The molecule has 7 aromatic carbocycles. The van der Waals surface area contributed by atoms with Crippen LogP contribution in [0.5, 0.6) is 0 Å². The number of rotatable bonds is 6. The minimum atomic E-state index is 0.665. The average molecular weight is 616 g/mol. The highest BCUT2D eigenvalue weighted by atomic mass is 16.3. The maximum absolute atomic E-state index is 6.18. The average Bonchev–Trinajstić information content (AvgIpc) is 3.54. The van der Waals surface area contributed by atoms with Gasteiger partial charge < -0.3 is 14.6 Å². The SMILES string of the molecule is C1=Cc2oc3cc(-c4ccc(N(c5ccc(-c6ccccc6)cc5)c5ccc(-c6cccc7ccccc67)cc5)cc4)ccc3c2C[N-]1. The van der Waals surface area contributed by atoms with Gasteiger partial charge in [0.1, 0.15) is 11.3 Å². The van der Waals surface area contributed by atoms with Gasteiger partial charge in [-0.05, 0) is 98.3 Å². The fourth-order valence-corrected chi connectivity index (χ4v) is 6.86. The topological polar surface area (TPSA) is 30.5 Å². The predicted octanol–water partition coefficient (Wildman–Crippen LogP) is 12.9. The van der Waals surface area contributed by atoms with E-state index in [2.05, 4.69) is 174 Å². The Labute approximate surface area is 280 Å². The summed E-state index contributed by atoms with van der Waals surface area (Å²) in [5, 5.41) is 8.05. The summed E-state index contributed by atoms with van der Waals surface area (Å²) in [7, 11) is 0. The number of hydrogen-bond acceptors (Lipinski definition) is 2. The van der Waals surface area contributed by atoms with Crippen LogP contribution in [0.1, 0.15) is 11.3 Å². The van der Waals surface area contributed by atoms with Gasteiger partial charge in [-0.2, -0.15) is 6.20 Å². The number of furan rings is 1. The molecule has 0 atom stereocenters. The molecule has 228 valence electrons. The number of nitrogens with zero attached hydrogens (tertiary/aromatic N) is 2. The highest BCUT2D eigenvalue weighted by Crippen LogP contribution is 2.39. The summed E-state index contributed by atoms with van der Waals surface area (Å²) in [4.78, 5) is 2.32. The maximum Gasteiger partial charge on any atom is 0.135 e. The van der Waals surface area contributed by atoms with Crippen LogP contribution in [-0.4, -0.2) is 0 Å². The summed E-state index contributed by atoms with van der Waals surface area (Å²) in [6.45, 7) is 0.665. The lowest BCUT2D eigenvalue weighted by Gasteiger charge is -2.26. The molecule has 48 heavy (non-hydrogen) atoms. The largest absolute Gasteiger partial charge is 0.687 e. The third-order valence-electron chi connectivity index (χ3n) is 9.32. The zero-order chi connectivity index (χ0) is 31.9. The first-order chi connectivity index (χ1) is 23.8. The van der Waals surface area contributed by atoms with Crippen molar-refractivity contribution in [3.8, 4) is 33.4 Å². The van der Waals surface area contributed by atoms with Crippen LogP contribution in [0.25, 0.3) is 66.5 Å². The van der Waals surface area contributed by atoms with E-state index < -0.39 is 0 Å². The van der Waals surface area contributed by atoms with Gasteiger partial charge in [0.2, 0.25) is 0 Å². The Bertz CT molecular complexity index is 2420. The summed E-state index contributed by atoms with van der Waals surface area (Å²) in [6, 6.07) is 58.7.